The van der Waals surface area contributed by atoms with Gasteiger partial charge < -0.3 is 15.4 Å². The molecular weight excluding hydrogens is 326 g/mol. The highest BCUT2D eigenvalue weighted by atomic mass is 16.5. The van der Waals surface area contributed by atoms with Crippen LogP contribution in [0.3, 0.4) is 0 Å². The number of nitrogens with one attached hydrogen (secondary N) is 2. The summed E-state index contributed by atoms with van der Waals surface area (Å²) >= 11 is 0. The van der Waals surface area contributed by atoms with Crippen molar-refractivity contribution in [2.24, 2.45) is 0 Å². The fourth-order valence-electron chi connectivity index (χ4n) is 2.72. The van der Waals surface area contributed by atoms with Gasteiger partial charge in [0.05, 0.1) is 13.3 Å². The number of nitrogens with zero attached hydrogens (tertiary/aromatic N) is 3. The maximum absolute atomic E-state index is 5.25. The molecule has 3 aromatic rings. The minimum atomic E-state index is 0.504. The van der Waals surface area contributed by atoms with Gasteiger partial charge in [-0.15, -0.1) is 5.10 Å². The molecule has 0 aliphatic carbocycles. The summed E-state index contributed by atoms with van der Waals surface area (Å²) in [5.74, 6) is 2.03. The highest BCUT2D eigenvalue weighted by molar-refractivity contribution is 5.64. The number of hydrogen-bond acceptors (Lipinski definition) is 6. The molecule has 0 radical (unpaired) electrons. The number of ether oxygens (including phenoxy) is 1. The SMILES string of the molecule is COc1cccc(CCNc2nncc(Nc3c(C)cccc3C)n2)c1. The third-order valence-electron chi connectivity index (χ3n) is 4.12. The van der Waals surface area contributed by atoms with E-state index >= 15 is 0 Å². The van der Waals surface area contributed by atoms with Crippen molar-refractivity contribution in [2.75, 3.05) is 24.3 Å². The number of rotatable bonds is 7. The molecule has 0 aliphatic heterocycles. The lowest BCUT2D eigenvalue weighted by Crippen LogP contribution is -2.10. The van der Waals surface area contributed by atoms with Gasteiger partial charge in [-0.1, -0.05) is 30.3 Å². The normalized spacial score (nSPS) is 10.4. The molecule has 6 heteroatoms. The first kappa shape index (κ1) is 17.7. The predicted octanol–water partition coefficient (Wildman–Crippen LogP) is 3.90. The average Bonchev–Trinajstić information content (AvgIpc) is 2.65. The van der Waals surface area contributed by atoms with Crippen LogP contribution in [0.15, 0.2) is 48.7 Å². The zero-order valence-corrected chi connectivity index (χ0v) is 15.3. The predicted molar refractivity (Wildman–Crippen MR) is 104 cm³/mol. The summed E-state index contributed by atoms with van der Waals surface area (Å²) in [7, 11) is 1.67. The van der Waals surface area contributed by atoms with E-state index in [4.69, 9.17) is 4.74 Å². The second-order valence-corrected chi connectivity index (χ2v) is 6.09. The Bertz CT molecular complexity index is 861. The van der Waals surface area contributed by atoms with Gasteiger partial charge in [0, 0.05) is 12.2 Å². The third-order valence-corrected chi connectivity index (χ3v) is 4.12. The highest BCUT2D eigenvalue weighted by Gasteiger charge is 2.05. The van der Waals surface area contributed by atoms with E-state index in [1.54, 1.807) is 13.3 Å². The van der Waals surface area contributed by atoms with Crippen LogP contribution in [0.2, 0.25) is 0 Å². The summed E-state index contributed by atoms with van der Waals surface area (Å²) in [6.45, 7) is 4.84. The molecule has 0 unspecified atom stereocenters. The van der Waals surface area contributed by atoms with Gasteiger partial charge in [0.1, 0.15) is 5.75 Å². The fraction of sp³-hybridized carbons (Fsp3) is 0.250. The van der Waals surface area contributed by atoms with Crippen LogP contribution in [-0.2, 0) is 6.42 Å². The average molecular weight is 349 g/mol. The van der Waals surface area contributed by atoms with Gasteiger partial charge in [-0.05, 0) is 49.1 Å². The molecular formula is C20H23N5O. The molecule has 0 atom stereocenters. The van der Waals surface area contributed by atoms with Gasteiger partial charge in [0.15, 0.2) is 5.82 Å². The number of hydrogen-bond donors (Lipinski definition) is 2. The summed E-state index contributed by atoms with van der Waals surface area (Å²) in [5, 5.41) is 14.6. The smallest absolute Gasteiger partial charge is 0.244 e. The first-order chi connectivity index (χ1) is 12.7. The number of para-hydroxylation sites is 1. The molecule has 0 fully saturated rings. The van der Waals surface area contributed by atoms with Crippen LogP contribution in [-0.4, -0.2) is 28.8 Å². The van der Waals surface area contributed by atoms with Gasteiger partial charge in [0.2, 0.25) is 5.95 Å². The van der Waals surface area contributed by atoms with Crippen LogP contribution in [0, 0.1) is 13.8 Å². The van der Waals surface area contributed by atoms with Crippen LogP contribution < -0.4 is 15.4 Å². The van der Waals surface area contributed by atoms with E-state index in [2.05, 4.69) is 57.9 Å². The summed E-state index contributed by atoms with van der Waals surface area (Å²) in [4.78, 5) is 4.49. The van der Waals surface area contributed by atoms with Crippen LogP contribution >= 0.6 is 0 Å². The van der Waals surface area contributed by atoms with Gasteiger partial charge in [0.25, 0.3) is 0 Å². The van der Waals surface area contributed by atoms with Crippen molar-refractivity contribution in [3.05, 3.63) is 65.4 Å². The Morgan fingerprint density at radius 3 is 2.58 bits per heavy atom. The van der Waals surface area contributed by atoms with E-state index in [0.717, 1.165) is 29.0 Å². The van der Waals surface area contributed by atoms with Gasteiger partial charge in [-0.25, -0.2) is 0 Å². The maximum atomic E-state index is 5.25. The van der Waals surface area contributed by atoms with Crippen LogP contribution in [0.1, 0.15) is 16.7 Å². The lowest BCUT2D eigenvalue weighted by molar-refractivity contribution is 0.414. The van der Waals surface area contributed by atoms with E-state index in [1.165, 1.54) is 5.56 Å². The quantitative estimate of drug-likeness (QED) is 0.674. The summed E-state index contributed by atoms with van der Waals surface area (Å²) < 4.78 is 5.25. The van der Waals surface area contributed by atoms with Gasteiger partial charge >= 0.3 is 0 Å². The monoisotopic (exact) mass is 349 g/mol. The Morgan fingerprint density at radius 1 is 1.04 bits per heavy atom. The van der Waals surface area contributed by atoms with Crippen molar-refractivity contribution >= 4 is 17.5 Å². The number of benzene rings is 2. The largest absolute Gasteiger partial charge is 0.497 e. The minimum Gasteiger partial charge on any atom is -0.497 e. The standard InChI is InChI=1S/C20H23N5O/c1-14-6-4-7-15(2)19(14)23-18-13-22-25-20(24-18)21-11-10-16-8-5-9-17(12-16)26-3/h4-9,12-13H,10-11H2,1-3H3,(H2,21,23,24,25). The zero-order chi connectivity index (χ0) is 18.4. The topological polar surface area (TPSA) is 72.0 Å². The summed E-state index contributed by atoms with van der Waals surface area (Å²) in [5.41, 5.74) is 4.57. The number of aryl methyl sites for hydroxylation is 2. The first-order valence-corrected chi connectivity index (χ1v) is 8.55. The Labute approximate surface area is 153 Å². The summed E-state index contributed by atoms with van der Waals surface area (Å²) in [6, 6.07) is 14.2. The Hall–Kier alpha value is -3.15. The third kappa shape index (κ3) is 4.47. The maximum Gasteiger partial charge on any atom is 0.244 e. The molecule has 0 aliphatic rings. The molecule has 0 saturated heterocycles. The molecule has 1 aromatic heterocycles. The molecule has 134 valence electrons. The first-order valence-electron chi connectivity index (χ1n) is 8.55. The second-order valence-electron chi connectivity index (χ2n) is 6.09. The van der Waals surface area contributed by atoms with E-state index < -0.39 is 0 Å². The Balaban J connectivity index is 1.62. The lowest BCUT2D eigenvalue weighted by Gasteiger charge is -2.12. The molecule has 0 saturated carbocycles. The molecule has 0 bridgehead atoms. The van der Waals surface area contributed by atoms with E-state index in [0.29, 0.717) is 18.3 Å². The molecule has 2 N–H and O–H groups in total. The molecule has 0 amide bonds. The van der Waals surface area contributed by atoms with Crippen molar-refractivity contribution in [3.8, 4) is 5.75 Å². The summed E-state index contributed by atoms with van der Waals surface area (Å²) in [6.07, 6.45) is 2.47. The van der Waals surface area contributed by atoms with Gasteiger partial charge in [-0.3, -0.25) is 0 Å². The van der Waals surface area contributed by atoms with Crippen LogP contribution in [0.25, 0.3) is 0 Å². The van der Waals surface area contributed by atoms with Crippen LogP contribution in [0.5, 0.6) is 5.75 Å². The molecule has 0 spiro atoms. The molecule has 1 heterocycles. The van der Waals surface area contributed by atoms with Crippen molar-refractivity contribution in [2.45, 2.75) is 20.3 Å². The molecule has 6 nitrogen and oxygen atoms in total. The lowest BCUT2D eigenvalue weighted by atomic mass is 10.1. The fourth-order valence-corrected chi connectivity index (χ4v) is 2.72. The Kier molecular flexibility index (Phi) is 5.63. The zero-order valence-electron chi connectivity index (χ0n) is 15.3. The molecule has 26 heavy (non-hydrogen) atoms. The van der Waals surface area contributed by atoms with E-state index in [-0.39, 0.29) is 0 Å². The van der Waals surface area contributed by atoms with Crippen molar-refractivity contribution < 1.29 is 4.74 Å². The van der Waals surface area contributed by atoms with E-state index in [9.17, 15) is 0 Å². The van der Waals surface area contributed by atoms with E-state index in [1.807, 2.05) is 24.3 Å². The van der Waals surface area contributed by atoms with Crippen molar-refractivity contribution in [1.82, 2.24) is 15.2 Å². The number of aromatic nitrogens is 3. The highest BCUT2D eigenvalue weighted by Crippen LogP contribution is 2.23. The van der Waals surface area contributed by atoms with Crippen molar-refractivity contribution in [1.29, 1.82) is 0 Å². The second kappa shape index (κ2) is 8.29. The Morgan fingerprint density at radius 2 is 1.81 bits per heavy atom. The number of anilines is 3. The minimum absolute atomic E-state index is 0.504. The molecule has 3 rings (SSSR count). The van der Waals surface area contributed by atoms with Crippen LogP contribution in [0.4, 0.5) is 17.5 Å². The molecule has 2 aromatic carbocycles. The van der Waals surface area contributed by atoms with Crippen molar-refractivity contribution in [3.63, 3.8) is 0 Å². The van der Waals surface area contributed by atoms with Gasteiger partial charge in [-0.2, -0.15) is 10.1 Å². The number of methoxy groups -OCH3 is 1.